The van der Waals surface area contributed by atoms with E-state index >= 15 is 0 Å². The summed E-state index contributed by atoms with van der Waals surface area (Å²) in [7, 11) is -19.3. The van der Waals surface area contributed by atoms with Gasteiger partial charge < -0.3 is 10.6 Å². The summed E-state index contributed by atoms with van der Waals surface area (Å²) in [6, 6.07) is 19.8. The number of anilines is 2. The first kappa shape index (κ1) is 56.1. The molecule has 0 aliphatic heterocycles. The molecule has 6 N–H and O–H groups in total. The first-order valence-corrected chi connectivity index (χ1v) is 21.9. The normalized spacial score (nSPS) is 12.0. The zero-order valence-electron chi connectivity index (χ0n) is 33.6. The molecule has 62 heavy (non-hydrogen) atoms. The van der Waals surface area contributed by atoms with Gasteiger partial charge in [0.2, 0.25) is 0 Å². The van der Waals surface area contributed by atoms with Crippen LogP contribution in [-0.2, 0) is 40.5 Å². The third-order valence-corrected chi connectivity index (χ3v) is 12.0. The van der Waals surface area contributed by atoms with E-state index in [0.29, 0.717) is 22.5 Å². The maximum atomic E-state index is 12.9. The smallest absolute Gasteiger partial charge is 0.308 e. The standard InChI is InChI=1S/C35H28N6O13S4.4Na/c1-19-13-21(9-11-29(19)40-38-23-15-27-25(33(17-23)57(49,50)51)5-3-7-31(27)55(43,44)45)36-35(42)37-22-10-12-30(20(2)14-22)41-39-24-16-28-26(34(18-24)58(52,53)54)6-4-8-32(28)56(46,47)48;;;;/h3-18H,1-2H3,(H2,36,37,42)(H,43,44,45)(H,46,47,48)(H,49,50,51)(H,52,53,54);;;;. The van der Waals surface area contributed by atoms with Crippen LogP contribution in [0.25, 0.3) is 21.5 Å². The second-order valence-electron chi connectivity index (χ2n) is 12.5. The van der Waals surface area contributed by atoms with Crippen LogP contribution in [0.2, 0.25) is 0 Å². The fourth-order valence-corrected chi connectivity index (χ4v) is 8.66. The van der Waals surface area contributed by atoms with Crippen LogP contribution in [0.5, 0.6) is 0 Å². The van der Waals surface area contributed by atoms with E-state index in [-0.39, 0.29) is 163 Å². The summed E-state index contributed by atoms with van der Waals surface area (Å²) >= 11 is 0. The molecule has 0 fully saturated rings. The van der Waals surface area contributed by atoms with Gasteiger partial charge in [-0.3, -0.25) is 18.2 Å². The molecule has 0 bridgehead atoms. The van der Waals surface area contributed by atoms with Gasteiger partial charge in [0.1, 0.15) is 19.6 Å². The minimum Gasteiger partial charge on any atom is -0.308 e. The van der Waals surface area contributed by atoms with Crippen LogP contribution >= 0.6 is 0 Å². The van der Waals surface area contributed by atoms with E-state index in [9.17, 15) is 56.7 Å². The average molecular weight is 961 g/mol. The van der Waals surface area contributed by atoms with Crippen LogP contribution < -0.4 is 10.6 Å². The molecule has 6 aromatic rings. The number of urea groups is 1. The molecule has 0 saturated heterocycles. The van der Waals surface area contributed by atoms with Gasteiger partial charge in [-0.25, -0.2) is 4.79 Å². The maximum absolute atomic E-state index is 12.9. The zero-order chi connectivity index (χ0) is 42.4. The monoisotopic (exact) mass is 960 g/mol. The quantitative estimate of drug-likeness (QED) is 0.0483. The van der Waals surface area contributed by atoms with E-state index in [4.69, 9.17) is 0 Å². The number of carbonyl (C=O) groups excluding carboxylic acids is 1. The molecular formula is C35H28N6Na4O13S4. The summed E-state index contributed by atoms with van der Waals surface area (Å²) in [5.74, 6) is 0. The first-order valence-electron chi connectivity index (χ1n) is 16.2. The maximum Gasteiger partial charge on any atom is 0.323 e. The Balaban J connectivity index is 0.00000331. The summed E-state index contributed by atoms with van der Waals surface area (Å²) in [4.78, 5) is 10.3. The third kappa shape index (κ3) is 13.5. The Bertz CT molecular complexity index is 3030. The number of rotatable bonds is 10. The topological polar surface area (TPSA) is 308 Å². The summed E-state index contributed by atoms with van der Waals surface area (Å²) in [5.41, 5.74) is 1.93. The molecule has 27 heteroatoms. The van der Waals surface area contributed by atoms with Gasteiger partial charge in [0, 0.05) is 151 Å². The Kier molecular flexibility index (Phi) is 19.9. The van der Waals surface area contributed by atoms with Crippen molar-refractivity contribution in [2.75, 3.05) is 10.6 Å². The van der Waals surface area contributed by atoms with Gasteiger partial charge in [0.05, 0.1) is 22.7 Å². The largest absolute Gasteiger partial charge is 0.323 e. The Morgan fingerprint density at radius 1 is 0.435 bits per heavy atom. The van der Waals surface area contributed by atoms with Crippen molar-refractivity contribution >= 4 is 220 Å². The number of amides is 2. The molecule has 0 heterocycles. The fourth-order valence-electron chi connectivity index (χ4n) is 5.82. The zero-order valence-corrected chi connectivity index (χ0v) is 44.9. The van der Waals surface area contributed by atoms with Crippen molar-refractivity contribution in [2.45, 2.75) is 33.4 Å². The van der Waals surface area contributed by atoms with E-state index < -0.39 is 66.1 Å². The van der Waals surface area contributed by atoms with Gasteiger partial charge in [-0.05, 0) is 97.8 Å². The van der Waals surface area contributed by atoms with Gasteiger partial charge in [-0.1, -0.05) is 24.3 Å². The molecule has 0 atom stereocenters. The van der Waals surface area contributed by atoms with E-state index in [2.05, 4.69) is 31.1 Å². The van der Waals surface area contributed by atoms with E-state index in [1.54, 1.807) is 26.0 Å². The van der Waals surface area contributed by atoms with Crippen LogP contribution in [0.15, 0.2) is 137 Å². The molecule has 0 spiro atoms. The number of fused-ring (bicyclic) bond motifs is 2. The van der Waals surface area contributed by atoms with Crippen molar-refractivity contribution in [3.8, 4) is 0 Å². The molecule has 0 unspecified atom stereocenters. The average Bonchev–Trinajstić information content (AvgIpc) is 3.11. The summed E-state index contributed by atoms with van der Waals surface area (Å²) in [6.07, 6.45) is 0. The minimum atomic E-state index is -4.86. The predicted molar refractivity (Wildman–Crippen MR) is 234 cm³/mol. The second-order valence-corrected chi connectivity index (χ2v) is 18.0. The molecule has 2 amide bonds. The number of hydrogen-bond donors (Lipinski definition) is 6. The number of hydrogen-bond acceptors (Lipinski definition) is 13. The number of nitrogens with one attached hydrogen (secondary N) is 2. The van der Waals surface area contributed by atoms with Crippen LogP contribution in [0, 0.1) is 13.8 Å². The van der Waals surface area contributed by atoms with E-state index in [0.717, 1.165) is 24.3 Å². The Morgan fingerprint density at radius 3 is 1.08 bits per heavy atom. The molecule has 304 valence electrons. The van der Waals surface area contributed by atoms with Crippen LogP contribution in [0.3, 0.4) is 0 Å². The van der Waals surface area contributed by atoms with Crippen molar-refractivity contribution in [3.63, 3.8) is 0 Å². The summed E-state index contributed by atoms with van der Waals surface area (Å²) in [6.45, 7) is 3.28. The van der Waals surface area contributed by atoms with Crippen molar-refractivity contribution in [2.24, 2.45) is 20.5 Å². The number of benzene rings is 6. The third-order valence-electron chi connectivity index (χ3n) is 8.37. The van der Waals surface area contributed by atoms with Gasteiger partial charge in [0.25, 0.3) is 40.5 Å². The van der Waals surface area contributed by atoms with Crippen molar-refractivity contribution in [1.29, 1.82) is 0 Å². The van der Waals surface area contributed by atoms with Gasteiger partial charge >= 0.3 is 6.03 Å². The molecule has 0 aromatic heterocycles. The van der Waals surface area contributed by atoms with Gasteiger partial charge in [-0.15, -0.1) is 0 Å². The van der Waals surface area contributed by atoms with Crippen molar-refractivity contribution < 1.29 is 56.7 Å². The number of nitrogens with zero attached hydrogens (tertiary/aromatic N) is 4. The molecule has 19 nitrogen and oxygen atoms in total. The molecule has 0 saturated carbocycles. The number of aryl methyl sites for hydroxylation is 2. The molecule has 6 rings (SSSR count). The predicted octanol–water partition coefficient (Wildman–Crippen LogP) is 6.55. The molecular weight excluding hydrogens is 933 g/mol. The molecule has 4 radical (unpaired) electrons. The Morgan fingerprint density at radius 2 is 0.774 bits per heavy atom. The molecule has 0 aliphatic carbocycles. The Labute approximate surface area is 443 Å². The van der Waals surface area contributed by atoms with Crippen LogP contribution in [0.1, 0.15) is 11.1 Å². The number of azo groups is 2. The number of carbonyl (C=O) groups is 1. The SMILES string of the molecule is Cc1cc(NC(=O)Nc2ccc(N=Nc3cc(S(=O)(=O)O)c4cccc(S(=O)(=O)O)c4c3)c(C)c2)ccc1N=Nc1cc(S(=O)(=O)O)c2cccc(S(=O)(=O)O)c2c1.[Na].[Na].[Na].[Na]. The first-order chi connectivity index (χ1) is 27.0. The Hall–Kier alpha value is -2.05. The minimum absolute atomic E-state index is 0. The van der Waals surface area contributed by atoms with Crippen molar-refractivity contribution in [1.82, 2.24) is 0 Å². The van der Waals surface area contributed by atoms with E-state index in [1.165, 1.54) is 60.7 Å². The van der Waals surface area contributed by atoms with Gasteiger partial charge in [-0.2, -0.15) is 54.1 Å². The van der Waals surface area contributed by atoms with Crippen LogP contribution in [-0.4, -0.2) is 176 Å². The summed E-state index contributed by atoms with van der Waals surface area (Å²) < 4.78 is 135. The molecule has 6 aromatic carbocycles. The van der Waals surface area contributed by atoms with Gasteiger partial charge in [0.15, 0.2) is 0 Å². The van der Waals surface area contributed by atoms with Crippen LogP contribution in [0.4, 0.5) is 38.9 Å². The van der Waals surface area contributed by atoms with Crippen molar-refractivity contribution in [3.05, 3.63) is 108 Å². The summed E-state index contributed by atoms with van der Waals surface area (Å²) in [5, 5.41) is 20.7. The van der Waals surface area contributed by atoms with E-state index in [1.807, 2.05) is 0 Å². The molecule has 0 aliphatic rings. The second kappa shape index (κ2) is 22.0. The fraction of sp³-hybridized carbons (Fsp3) is 0.0571.